The second-order valence-corrected chi connectivity index (χ2v) is 6.41. The molecule has 0 aromatic carbocycles. The highest BCUT2D eigenvalue weighted by Crippen LogP contribution is 2.24. The zero-order valence-corrected chi connectivity index (χ0v) is 14.2. The molecule has 1 unspecified atom stereocenters. The van der Waals surface area contributed by atoms with Crippen LogP contribution in [0.5, 0.6) is 0 Å². The van der Waals surface area contributed by atoms with Gasteiger partial charge in [-0.25, -0.2) is 0 Å². The van der Waals surface area contributed by atoms with Gasteiger partial charge in [0, 0.05) is 61.4 Å². The number of nitrogens with one attached hydrogen (secondary N) is 1. The van der Waals surface area contributed by atoms with Crippen LogP contribution in [0.1, 0.15) is 39.0 Å². The van der Waals surface area contributed by atoms with E-state index in [1.807, 2.05) is 6.20 Å². The van der Waals surface area contributed by atoms with Gasteiger partial charge in [-0.2, -0.15) is 0 Å². The van der Waals surface area contributed by atoms with Crippen molar-refractivity contribution in [1.29, 1.82) is 0 Å². The van der Waals surface area contributed by atoms with E-state index in [0.717, 1.165) is 38.4 Å². The zero-order chi connectivity index (χ0) is 15.4. The molecular formula is C17H30N4. The fourth-order valence-corrected chi connectivity index (χ4v) is 3.00. The molecule has 1 aromatic rings. The second-order valence-electron chi connectivity index (χ2n) is 6.41. The molecule has 0 spiro atoms. The molecule has 118 valence electrons. The van der Waals surface area contributed by atoms with E-state index in [1.165, 1.54) is 11.3 Å². The average molecular weight is 290 g/mol. The van der Waals surface area contributed by atoms with E-state index in [2.05, 4.69) is 60.8 Å². The van der Waals surface area contributed by atoms with Gasteiger partial charge < -0.3 is 10.2 Å². The normalized spacial score (nSPS) is 20.3. The molecule has 0 amide bonds. The van der Waals surface area contributed by atoms with Crippen LogP contribution in [0.25, 0.3) is 0 Å². The van der Waals surface area contributed by atoms with Crippen LogP contribution in [-0.4, -0.2) is 48.1 Å². The van der Waals surface area contributed by atoms with Crippen molar-refractivity contribution in [2.45, 2.75) is 53.2 Å². The number of hydrogen-bond donors (Lipinski definition) is 1. The number of rotatable bonds is 5. The van der Waals surface area contributed by atoms with Crippen LogP contribution in [0, 0.1) is 6.92 Å². The molecule has 1 aliphatic rings. The molecule has 2 rings (SSSR count). The largest absolute Gasteiger partial charge is 0.368 e. The van der Waals surface area contributed by atoms with Crippen LogP contribution < -0.4 is 10.2 Å². The number of aryl methyl sites for hydroxylation is 1. The van der Waals surface area contributed by atoms with Gasteiger partial charge in [-0.3, -0.25) is 9.88 Å². The van der Waals surface area contributed by atoms with Gasteiger partial charge in [-0.05, 0) is 26.5 Å². The topological polar surface area (TPSA) is 31.4 Å². The predicted octanol–water partition coefficient (Wildman–Crippen LogP) is 2.42. The van der Waals surface area contributed by atoms with E-state index in [9.17, 15) is 0 Å². The number of likely N-dealkylation sites (N-methyl/N-ethyl adjacent to an activating group) is 1. The Morgan fingerprint density at radius 3 is 2.76 bits per heavy atom. The lowest BCUT2D eigenvalue weighted by molar-refractivity contribution is 0.199. The van der Waals surface area contributed by atoms with Gasteiger partial charge in [0.05, 0.1) is 0 Å². The van der Waals surface area contributed by atoms with Crippen LogP contribution in [0.15, 0.2) is 12.3 Å². The summed E-state index contributed by atoms with van der Waals surface area (Å²) in [5.41, 5.74) is 3.77. The van der Waals surface area contributed by atoms with Crippen molar-refractivity contribution < 1.29 is 0 Å². The molecule has 1 atom stereocenters. The van der Waals surface area contributed by atoms with Gasteiger partial charge in [0.15, 0.2) is 0 Å². The molecule has 4 heteroatoms. The van der Waals surface area contributed by atoms with Crippen molar-refractivity contribution in [3.05, 3.63) is 23.5 Å². The van der Waals surface area contributed by atoms with E-state index >= 15 is 0 Å². The number of anilines is 1. The number of piperazine rings is 1. The molecule has 0 radical (unpaired) electrons. The smallest absolute Gasteiger partial charge is 0.0446 e. The minimum absolute atomic E-state index is 0.495. The third-order valence-corrected chi connectivity index (χ3v) is 4.31. The Balaban J connectivity index is 2.16. The van der Waals surface area contributed by atoms with Crippen LogP contribution >= 0.6 is 0 Å². The van der Waals surface area contributed by atoms with Crippen molar-refractivity contribution in [2.24, 2.45) is 0 Å². The molecule has 2 heterocycles. The molecule has 0 bridgehead atoms. The third kappa shape index (κ3) is 4.17. The molecule has 1 aromatic heterocycles. The summed E-state index contributed by atoms with van der Waals surface area (Å²) in [4.78, 5) is 9.57. The van der Waals surface area contributed by atoms with Gasteiger partial charge in [-0.15, -0.1) is 0 Å². The maximum Gasteiger partial charge on any atom is 0.0446 e. The standard InChI is InChI=1S/C17H30N4/c1-6-20-7-8-21(12-15(20)5)17-9-14(4)19-11-16(17)10-18-13(2)3/h9,11,13,15,18H,6-8,10,12H2,1-5H3. The molecule has 21 heavy (non-hydrogen) atoms. The monoisotopic (exact) mass is 290 g/mol. The van der Waals surface area contributed by atoms with E-state index < -0.39 is 0 Å². The summed E-state index contributed by atoms with van der Waals surface area (Å²) in [5.74, 6) is 0. The van der Waals surface area contributed by atoms with E-state index in [0.29, 0.717) is 12.1 Å². The van der Waals surface area contributed by atoms with Gasteiger partial charge >= 0.3 is 0 Å². The Labute approximate surface area is 129 Å². The lowest BCUT2D eigenvalue weighted by Crippen LogP contribution is -2.52. The lowest BCUT2D eigenvalue weighted by Gasteiger charge is -2.41. The molecule has 0 aliphatic carbocycles. The average Bonchev–Trinajstić information content (AvgIpc) is 2.45. The van der Waals surface area contributed by atoms with Crippen LogP contribution in [-0.2, 0) is 6.54 Å². The van der Waals surface area contributed by atoms with Crippen LogP contribution in [0.4, 0.5) is 5.69 Å². The van der Waals surface area contributed by atoms with Gasteiger partial charge in [0.2, 0.25) is 0 Å². The summed E-state index contributed by atoms with van der Waals surface area (Å²) in [6.07, 6.45) is 2.04. The van der Waals surface area contributed by atoms with Gasteiger partial charge in [0.1, 0.15) is 0 Å². The van der Waals surface area contributed by atoms with Crippen molar-refractivity contribution >= 4 is 5.69 Å². The van der Waals surface area contributed by atoms with Crippen molar-refractivity contribution in [3.63, 3.8) is 0 Å². The molecule has 0 saturated carbocycles. The quantitative estimate of drug-likeness (QED) is 0.902. The Morgan fingerprint density at radius 1 is 1.38 bits per heavy atom. The molecular weight excluding hydrogens is 260 g/mol. The van der Waals surface area contributed by atoms with Crippen LogP contribution in [0.3, 0.4) is 0 Å². The summed E-state index contributed by atoms with van der Waals surface area (Å²) in [7, 11) is 0. The van der Waals surface area contributed by atoms with Gasteiger partial charge in [0.25, 0.3) is 0 Å². The van der Waals surface area contributed by atoms with Crippen molar-refractivity contribution in [3.8, 4) is 0 Å². The second kappa shape index (κ2) is 7.23. The highest BCUT2D eigenvalue weighted by atomic mass is 15.3. The van der Waals surface area contributed by atoms with Crippen molar-refractivity contribution in [1.82, 2.24) is 15.2 Å². The third-order valence-electron chi connectivity index (χ3n) is 4.31. The van der Waals surface area contributed by atoms with Crippen LogP contribution in [0.2, 0.25) is 0 Å². The SMILES string of the molecule is CCN1CCN(c2cc(C)ncc2CNC(C)C)CC1C. The fourth-order valence-electron chi connectivity index (χ4n) is 3.00. The number of hydrogen-bond acceptors (Lipinski definition) is 4. The van der Waals surface area contributed by atoms with Gasteiger partial charge in [-0.1, -0.05) is 20.8 Å². The zero-order valence-electron chi connectivity index (χ0n) is 14.2. The summed E-state index contributed by atoms with van der Waals surface area (Å²) < 4.78 is 0. The number of nitrogens with zero attached hydrogens (tertiary/aromatic N) is 3. The summed E-state index contributed by atoms with van der Waals surface area (Å²) >= 11 is 0. The van der Waals surface area contributed by atoms with Crippen molar-refractivity contribution in [2.75, 3.05) is 31.1 Å². The summed E-state index contributed by atoms with van der Waals surface area (Å²) in [5, 5.41) is 3.51. The van der Waals surface area contributed by atoms with E-state index in [-0.39, 0.29) is 0 Å². The molecule has 1 saturated heterocycles. The van der Waals surface area contributed by atoms with E-state index in [1.54, 1.807) is 0 Å². The molecule has 4 nitrogen and oxygen atoms in total. The lowest BCUT2D eigenvalue weighted by atomic mass is 10.1. The molecule has 1 fully saturated rings. The maximum absolute atomic E-state index is 4.49. The fraction of sp³-hybridized carbons (Fsp3) is 0.706. The Kier molecular flexibility index (Phi) is 5.59. The highest BCUT2D eigenvalue weighted by molar-refractivity contribution is 5.54. The first-order chi connectivity index (χ1) is 10.0. The first-order valence-electron chi connectivity index (χ1n) is 8.19. The predicted molar refractivity (Wildman–Crippen MR) is 89.9 cm³/mol. The number of pyridine rings is 1. The first-order valence-corrected chi connectivity index (χ1v) is 8.19. The Bertz CT molecular complexity index is 458. The first kappa shape index (κ1) is 16.2. The number of aromatic nitrogens is 1. The summed E-state index contributed by atoms with van der Waals surface area (Å²) in [6, 6.07) is 3.35. The molecule has 1 N–H and O–H groups in total. The molecule has 1 aliphatic heterocycles. The Morgan fingerprint density at radius 2 is 2.14 bits per heavy atom. The maximum atomic E-state index is 4.49. The minimum Gasteiger partial charge on any atom is -0.368 e. The minimum atomic E-state index is 0.495. The highest BCUT2D eigenvalue weighted by Gasteiger charge is 2.24. The summed E-state index contributed by atoms with van der Waals surface area (Å²) in [6.45, 7) is 16.4. The van der Waals surface area contributed by atoms with E-state index in [4.69, 9.17) is 0 Å². The Hall–Kier alpha value is -1.13.